The van der Waals surface area contributed by atoms with Crippen molar-refractivity contribution in [2.75, 3.05) is 6.61 Å². The molecule has 0 spiro atoms. The number of hydrogen-bond acceptors (Lipinski definition) is 8. The summed E-state index contributed by atoms with van der Waals surface area (Å²) >= 11 is 0. The second kappa shape index (κ2) is 12.8. The Morgan fingerprint density at radius 3 is 2.55 bits per heavy atom. The van der Waals surface area contributed by atoms with E-state index in [0.29, 0.717) is 19.3 Å². The quantitative estimate of drug-likeness (QED) is 0.460. The second-order valence-electron chi connectivity index (χ2n) is 10.1. The molecule has 0 aromatic heterocycles. The van der Waals surface area contributed by atoms with Crippen molar-refractivity contribution in [1.82, 2.24) is 0 Å². The first-order chi connectivity index (χ1) is 18.3. The summed E-state index contributed by atoms with van der Waals surface area (Å²) in [5, 5.41) is 9.46. The molecule has 1 aliphatic carbocycles. The van der Waals surface area contributed by atoms with Crippen LogP contribution in [0.4, 0.5) is 0 Å². The molecule has 1 aromatic rings. The number of carbonyl (C=O) groups is 4. The third-order valence-corrected chi connectivity index (χ3v) is 7.31. The van der Waals surface area contributed by atoms with Gasteiger partial charge in [-0.2, -0.15) is 4.99 Å². The van der Waals surface area contributed by atoms with Crippen LogP contribution >= 0.6 is 0 Å². The summed E-state index contributed by atoms with van der Waals surface area (Å²) in [5.74, 6) is -2.54. The predicted octanol–water partition coefficient (Wildman–Crippen LogP) is 3.43. The molecule has 2 aliphatic heterocycles. The van der Waals surface area contributed by atoms with Gasteiger partial charge in [0.05, 0.1) is 29.3 Å². The lowest BCUT2D eigenvalue weighted by Gasteiger charge is -2.21. The molecular formula is C28H34N2O8. The zero-order chi connectivity index (χ0) is 27.1. The molecule has 10 heteroatoms. The lowest BCUT2D eigenvalue weighted by molar-refractivity contribution is -0.153. The molecule has 38 heavy (non-hydrogen) atoms. The van der Waals surface area contributed by atoms with Crippen LogP contribution in [0.2, 0.25) is 0 Å². The Labute approximate surface area is 221 Å². The van der Waals surface area contributed by atoms with Gasteiger partial charge in [0, 0.05) is 12.8 Å². The van der Waals surface area contributed by atoms with Crippen LogP contribution in [0.1, 0.15) is 78.5 Å². The van der Waals surface area contributed by atoms with Crippen LogP contribution in [-0.4, -0.2) is 59.7 Å². The first kappa shape index (κ1) is 27.5. The topological polar surface area (TPSA) is 155 Å². The van der Waals surface area contributed by atoms with Gasteiger partial charge >= 0.3 is 17.9 Å². The highest BCUT2D eigenvalue weighted by atomic mass is 16.6. The Morgan fingerprint density at radius 1 is 1.08 bits per heavy atom. The largest absolute Gasteiger partial charge is 0.478 e. The highest BCUT2D eigenvalue weighted by Crippen LogP contribution is 2.31. The number of esters is 2. The zero-order valence-corrected chi connectivity index (χ0v) is 21.3. The number of nitrogens with two attached hydrogens (primary N) is 1. The van der Waals surface area contributed by atoms with Crippen LogP contribution in [-0.2, 0) is 23.8 Å². The van der Waals surface area contributed by atoms with Crippen molar-refractivity contribution < 1.29 is 38.5 Å². The molecule has 0 bridgehead atoms. The van der Waals surface area contributed by atoms with Crippen molar-refractivity contribution in [1.29, 1.82) is 0 Å². The van der Waals surface area contributed by atoms with E-state index in [-0.39, 0.29) is 53.7 Å². The number of allylic oxidation sites excluding steroid dienone is 1. The Hall–Kier alpha value is -3.53. The Bertz CT molecular complexity index is 1110. The van der Waals surface area contributed by atoms with Crippen molar-refractivity contribution in [3.05, 3.63) is 47.5 Å². The van der Waals surface area contributed by atoms with Gasteiger partial charge < -0.3 is 25.1 Å². The van der Waals surface area contributed by atoms with Crippen molar-refractivity contribution in [2.24, 2.45) is 22.6 Å². The fraction of sp³-hybridized carbons (Fsp3) is 0.536. The summed E-state index contributed by atoms with van der Waals surface area (Å²) in [7, 11) is 0. The first-order valence-corrected chi connectivity index (χ1v) is 13.2. The standard InChI is InChI=1S/C28H34N2O8/c29-24-13-11-17(14-25(31)30-24)10-12-22-23(38-28(35)21-9-5-4-8-20(21)26(32)33)15-19(37-22)16-36-27(34)18-6-2-1-3-7-18/h4-5,8-9,11,13,17-19,22-23H,1-3,6-7,10,12,14-16H2,(H,32,33)(H2,29,30,31)/t17?,19-,22-,23+/m0/s1. The van der Waals surface area contributed by atoms with Crippen LogP contribution in [0.25, 0.3) is 0 Å². The molecule has 204 valence electrons. The summed E-state index contributed by atoms with van der Waals surface area (Å²) in [6, 6.07) is 5.86. The normalized spacial score (nSPS) is 25.9. The smallest absolute Gasteiger partial charge is 0.339 e. The SMILES string of the molecule is NC1=NC(=O)CC(CC[C@@H]2O[C@H](COC(=O)C3CCCCC3)C[C@H]2OC(=O)c2ccccc2C(=O)O)C=C1. The molecule has 4 rings (SSSR count). The minimum absolute atomic E-state index is 0.0455. The van der Waals surface area contributed by atoms with E-state index < -0.39 is 30.3 Å². The molecule has 0 radical (unpaired) electrons. The summed E-state index contributed by atoms with van der Waals surface area (Å²) in [6.45, 7) is 0.0534. The number of amidine groups is 1. The summed E-state index contributed by atoms with van der Waals surface area (Å²) in [4.78, 5) is 52.8. The number of carbonyl (C=O) groups excluding carboxylic acids is 3. The van der Waals surface area contributed by atoms with E-state index in [4.69, 9.17) is 19.9 Å². The summed E-state index contributed by atoms with van der Waals surface area (Å²) in [5.41, 5.74) is 5.48. The number of carboxylic acids is 1. The number of hydrogen-bond donors (Lipinski definition) is 2. The lowest BCUT2D eigenvalue weighted by atomic mass is 9.89. The second-order valence-corrected chi connectivity index (χ2v) is 10.1. The molecule has 1 unspecified atom stereocenters. The van der Waals surface area contributed by atoms with Crippen LogP contribution in [0, 0.1) is 11.8 Å². The number of amides is 1. The van der Waals surface area contributed by atoms with Crippen molar-refractivity contribution in [2.45, 2.75) is 76.1 Å². The Balaban J connectivity index is 1.41. The zero-order valence-electron chi connectivity index (χ0n) is 21.3. The minimum atomic E-state index is -1.23. The maximum atomic E-state index is 13.0. The van der Waals surface area contributed by atoms with Gasteiger partial charge in [0.15, 0.2) is 0 Å². The van der Waals surface area contributed by atoms with Gasteiger partial charge in [-0.3, -0.25) is 9.59 Å². The number of ether oxygens (including phenoxy) is 3. The molecule has 3 N–H and O–H groups in total. The minimum Gasteiger partial charge on any atom is -0.478 e. The van der Waals surface area contributed by atoms with Gasteiger partial charge in [0.2, 0.25) is 5.91 Å². The van der Waals surface area contributed by atoms with E-state index in [1.807, 2.05) is 6.08 Å². The number of aliphatic imine (C=N–C) groups is 1. The van der Waals surface area contributed by atoms with Crippen LogP contribution in [0.15, 0.2) is 41.4 Å². The molecule has 10 nitrogen and oxygen atoms in total. The highest BCUT2D eigenvalue weighted by molar-refractivity contribution is 6.02. The van der Waals surface area contributed by atoms with E-state index >= 15 is 0 Å². The maximum absolute atomic E-state index is 13.0. The summed E-state index contributed by atoms with van der Waals surface area (Å²) < 4.78 is 17.5. The predicted molar refractivity (Wildman–Crippen MR) is 137 cm³/mol. The van der Waals surface area contributed by atoms with E-state index in [2.05, 4.69) is 4.99 Å². The van der Waals surface area contributed by atoms with Crippen LogP contribution < -0.4 is 5.73 Å². The maximum Gasteiger partial charge on any atom is 0.339 e. The van der Waals surface area contributed by atoms with Crippen molar-refractivity contribution in [3.8, 4) is 0 Å². The van der Waals surface area contributed by atoms with Gasteiger partial charge in [0.25, 0.3) is 0 Å². The van der Waals surface area contributed by atoms with Crippen LogP contribution in [0.5, 0.6) is 0 Å². The molecule has 1 saturated heterocycles. The molecule has 2 heterocycles. The third kappa shape index (κ3) is 7.28. The highest BCUT2D eigenvalue weighted by Gasteiger charge is 2.39. The number of aromatic carboxylic acids is 1. The monoisotopic (exact) mass is 526 g/mol. The van der Waals surface area contributed by atoms with Gasteiger partial charge in [-0.15, -0.1) is 0 Å². The fourth-order valence-corrected chi connectivity index (χ4v) is 5.30. The van der Waals surface area contributed by atoms with E-state index in [9.17, 15) is 24.3 Å². The third-order valence-electron chi connectivity index (χ3n) is 7.31. The molecule has 2 fully saturated rings. The number of carboxylic acid groups (broad SMARTS) is 1. The molecule has 3 aliphatic rings. The van der Waals surface area contributed by atoms with E-state index in [1.165, 1.54) is 18.2 Å². The van der Waals surface area contributed by atoms with Gasteiger partial charge in [-0.1, -0.05) is 37.5 Å². The Morgan fingerprint density at radius 2 is 1.82 bits per heavy atom. The van der Waals surface area contributed by atoms with Gasteiger partial charge in [0.1, 0.15) is 18.5 Å². The average molecular weight is 527 g/mol. The number of benzene rings is 1. The molecule has 1 amide bonds. The molecular weight excluding hydrogens is 492 g/mol. The average Bonchev–Trinajstić information content (AvgIpc) is 3.21. The molecule has 4 atom stereocenters. The number of rotatable bonds is 9. The first-order valence-electron chi connectivity index (χ1n) is 13.2. The molecule has 1 aromatic carbocycles. The summed E-state index contributed by atoms with van der Waals surface area (Å²) in [6.07, 6.45) is 8.18. The Kier molecular flexibility index (Phi) is 9.28. The van der Waals surface area contributed by atoms with Crippen molar-refractivity contribution >= 4 is 29.7 Å². The van der Waals surface area contributed by atoms with Crippen molar-refractivity contribution in [3.63, 3.8) is 0 Å². The van der Waals surface area contributed by atoms with E-state index in [0.717, 1.165) is 32.1 Å². The molecule has 1 saturated carbocycles. The van der Waals surface area contributed by atoms with E-state index in [1.54, 1.807) is 12.1 Å². The van der Waals surface area contributed by atoms with Gasteiger partial charge in [-0.05, 0) is 49.8 Å². The van der Waals surface area contributed by atoms with Crippen LogP contribution in [0.3, 0.4) is 0 Å². The fourth-order valence-electron chi connectivity index (χ4n) is 5.30. The lowest BCUT2D eigenvalue weighted by Crippen LogP contribution is -2.28. The number of nitrogens with zero attached hydrogens (tertiary/aromatic N) is 1. The van der Waals surface area contributed by atoms with Gasteiger partial charge in [-0.25, -0.2) is 9.59 Å².